The van der Waals surface area contributed by atoms with E-state index in [0.29, 0.717) is 47.1 Å². The number of rotatable bonds is 8. The van der Waals surface area contributed by atoms with Gasteiger partial charge in [0.2, 0.25) is 5.95 Å². The van der Waals surface area contributed by atoms with Crippen molar-refractivity contribution in [3.8, 4) is 17.4 Å². The molecule has 0 fully saturated rings. The monoisotopic (exact) mass is 359 g/mol. The zero-order valence-corrected chi connectivity index (χ0v) is 14.7. The average molecular weight is 359 g/mol. The van der Waals surface area contributed by atoms with Crippen molar-refractivity contribution in [2.24, 2.45) is 0 Å². The van der Waals surface area contributed by atoms with Crippen molar-refractivity contribution in [2.75, 3.05) is 39.8 Å². The number of aliphatic hydroxyl groups is 1. The number of fused-ring (bicyclic) bond motifs is 1. The number of nitrogen functional groups attached to an aromatic ring is 1. The Balaban J connectivity index is 2.15. The Morgan fingerprint density at radius 1 is 1.19 bits per heavy atom. The fraction of sp³-hybridized carbons (Fsp3) is 0.353. The molecule has 0 unspecified atom stereocenters. The maximum absolute atomic E-state index is 8.86. The molecule has 2 aromatic heterocycles. The summed E-state index contributed by atoms with van der Waals surface area (Å²) >= 11 is 0. The molecule has 0 amide bonds. The third-order valence-electron chi connectivity index (χ3n) is 3.88. The van der Waals surface area contributed by atoms with Crippen LogP contribution in [0, 0.1) is 0 Å². The van der Waals surface area contributed by atoms with Crippen LogP contribution in [0.4, 0.5) is 5.69 Å². The van der Waals surface area contributed by atoms with Crippen LogP contribution in [0.15, 0.2) is 24.8 Å². The molecule has 0 saturated heterocycles. The highest BCUT2D eigenvalue weighted by molar-refractivity contribution is 5.97. The molecule has 3 aromatic rings. The summed E-state index contributed by atoms with van der Waals surface area (Å²) < 4.78 is 17.9. The van der Waals surface area contributed by atoms with E-state index in [4.69, 9.17) is 25.1 Å². The second-order valence-corrected chi connectivity index (χ2v) is 5.45. The molecule has 3 N–H and O–H groups in total. The maximum atomic E-state index is 8.86. The van der Waals surface area contributed by atoms with E-state index in [2.05, 4.69) is 15.0 Å². The van der Waals surface area contributed by atoms with Gasteiger partial charge in [0.05, 0.1) is 50.9 Å². The van der Waals surface area contributed by atoms with Gasteiger partial charge in [-0.05, 0) is 0 Å². The molecule has 0 saturated carbocycles. The molecule has 0 aliphatic heterocycles. The largest absolute Gasteiger partial charge is 0.493 e. The summed E-state index contributed by atoms with van der Waals surface area (Å²) in [5.41, 5.74) is 8.09. The molecule has 0 radical (unpaired) electrons. The number of hydrogen-bond donors (Lipinski definition) is 2. The molecule has 26 heavy (non-hydrogen) atoms. The Bertz CT molecular complexity index is 883. The van der Waals surface area contributed by atoms with Crippen LogP contribution in [-0.4, -0.2) is 58.7 Å². The smallest absolute Gasteiger partial charge is 0.235 e. The van der Waals surface area contributed by atoms with Crippen molar-refractivity contribution in [2.45, 2.75) is 6.42 Å². The molecule has 138 valence electrons. The van der Waals surface area contributed by atoms with Crippen LogP contribution in [-0.2, 0) is 11.2 Å². The van der Waals surface area contributed by atoms with E-state index in [9.17, 15) is 0 Å². The number of hydrogen-bond acceptors (Lipinski definition) is 8. The van der Waals surface area contributed by atoms with Crippen LogP contribution in [0.1, 0.15) is 5.69 Å². The molecule has 0 bridgehead atoms. The quantitative estimate of drug-likeness (QED) is 0.451. The summed E-state index contributed by atoms with van der Waals surface area (Å²) in [6.45, 7) is 0.631. The molecular weight excluding hydrogens is 338 g/mol. The summed E-state index contributed by atoms with van der Waals surface area (Å²) in [6, 6.07) is 1.77. The minimum Gasteiger partial charge on any atom is -0.493 e. The van der Waals surface area contributed by atoms with Gasteiger partial charge in [-0.1, -0.05) is 0 Å². The van der Waals surface area contributed by atoms with Gasteiger partial charge in [-0.3, -0.25) is 4.57 Å². The van der Waals surface area contributed by atoms with Gasteiger partial charge in [-0.2, -0.15) is 0 Å². The minimum absolute atomic E-state index is 0.0298. The highest BCUT2D eigenvalue weighted by Crippen LogP contribution is 2.40. The molecule has 9 heteroatoms. The molecule has 2 heterocycles. The van der Waals surface area contributed by atoms with E-state index in [-0.39, 0.29) is 13.2 Å². The van der Waals surface area contributed by atoms with Gasteiger partial charge in [-0.25, -0.2) is 15.0 Å². The second kappa shape index (κ2) is 7.98. The number of benzene rings is 1. The van der Waals surface area contributed by atoms with Gasteiger partial charge < -0.3 is 25.1 Å². The van der Waals surface area contributed by atoms with Gasteiger partial charge in [-0.15, -0.1) is 0 Å². The summed E-state index contributed by atoms with van der Waals surface area (Å²) in [4.78, 5) is 13.2. The predicted octanol–water partition coefficient (Wildman–Crippen LogP) is 0.966. The number of ether oxygens (including phenoxy) is 3. The van der Waals surface area contributed by atoms with Crippen LogP contribution >= 0.6 is 0 Å². The van der Waals surface area contributed by atoms with Crippen LogP contribution in [0.5, 0.6) is 11.5 Å². The second-order valence-electron chi connectivity index (χ2n) is 5.45. The van der Waals surface area contributed by atoms with Gasteiger partial charge >= 0.3 is 0 Å². The van der Waals surface area contributed by atoms with Crippen molar-refractivity contribution >= 4 is 16.6 Å². The van der Waals surface area contributed by atoms with Crippen molar-refractivity contribution in [3.63, 3.8) is 0 Å². The predicted molar refractivity (Wildman–Crippen MR) is 95.8 cm³/mol. The number of anilines is 1. The Hall–Kier alpha value is -2.91. The fourth-order valence-corrected chi connectivity index (χ4v) is 2.72. The van der Waals surface area contributed by atoms with Crippen molar-refractivity contribution < 1.29 is 19.3 Å². The van der Waals surface area contributed by atoms with Crippen molar-refractivity contribution in [3.05, 3.63) is 30.5 Å². The molecule has 9 nitrogen and oxygen atoms in total. The van der Waals surface area contributed by atoms with E-state index < -0.39 is 0 Å². The van der Waals surface area contributed by atoms with Crippen molar-refractivity contribution in [1.29, 1.82) is 0 Å². The maximum Gasteiger partial charge on any atom is 0.235 e. The summed E-state index contributed by atoms with van der Waals surface area (Å²) in [6.07, 6.45) is 5.54. The van der Waals surface area contributed by atoms with Crippen LogP contribution in [0.25, 0.3) is 16.9 Å². The van der Waals surface area contributed by atoms with E-state index in [1.807, 2.05) is 0 Å². The van der Waals surface area contributed by atoms with E-state index in [1.165, 1.54) is 7.11 Å². The lowest BCUT2D eigenvalue weighted by Gasteiger charge is -2.16. The zero-order chi connectivity index (χ0) is 18.5. The van der Waals surface area contributed by atoms with Crippen LogP contribution < -0.4 is 15.2 Å². The number of nitrogens with zero attached hydrogens (tertiary/aromatic N) is 4. The first-order chi connectivity index (χ1) is 12.7. The normalized spacial score (nSPS) is 11.0. The Labute approximate surface area is 150 Å². The number of methoxy groups -OCH3 is 2. The third kappa shape index (κ3) is 3.39. The molecular formula is C17H21N5O4. The van der Waals surface area contributed by atoms with E-state index in [0.717, 1.165) is 5.69 Å². The molecule has 1 aromatic carbocycles. The Morgan fingerprint density at radius 3 is 2.69 bits per heavy atom. The first kappa shape index (κ1) is 17.9. The highest BCUT2D eigenvalue weighted by Gasteiger charge is 2.19. The van der Waals surface area contributed by atoms with Crippen LogP contribution in [0.2, 0.25) is 0 Å². The van der Waals surface area contributed by atoms with E-state index >= 15 is 0 Å². The average Bonchev–Trinajstić information content (AvgIpc) is 3.19. The molecule has 0 aliphatic carbocycles. The third-order valence-corrected chi connectivity index (χ3v) is 3.88. The summed E-state index contributed by atoms with van der Waals surface area (Å²) in [7, 11) is 3.08. The molecule has 0 spiro atoms. The Kier molecular flexibility index (Phi) is 5.49. The molecule has 0 atom stereocenters. The molecule has 3 rings (SSSR count). The van der Waals surface area contributed by atoms with Gasteiger partial charge in [0.1, 0.15) is 6.33 Å². The first-order valence-electron chi connectivity index (χ1n) is 8.07. The van der Waals surface area contributed by atoms with Crippen LogP contribution in [0.3, 0.4) is 0 Å². The first-order valence-corrected chi connectivity index (χ1v) is 8.07. The zero-order valence-electron chi connectivity index (χ0n) is 14.7. The SMILES string of the molecule is COc1cc2nc(-n3ccnc3)nc(CCOCCO)c2c(N)c1OC. The minimum atomic E-state index is -0.0298. The van der Waals surface area contributed by atoms with Crippen molar-refractivity contribution in [1.82, 2.24) is 19.5 Å². The standard InChI is InChI=1S/C17H21N5O4/c1-24-13-9-12-14(15(18)16(13)25-2)11(3-7-26-8-6-23)20-17(21-12)22-5-4-19-10-22/h4-5,9-10,23H,3,6-8,18H2,1-2H3. The highest BCUT2D eigenvalue weighted by atomic mass is 16.5. The summed E-state index contributed by atoms with van der Waals surface area (Å²) in [5.74, 6) is 1.41. The lowest BCUT2D eigenvalue weighted by molar-refractivity contribution is 0.0942. The number of nitrogens with two attached hydrogens (primary N) is 1. The lowest BCUT2D eigenvalue weighted by Crippen LogP contribution is -2.10. The summed E-state index contributed by atoms with van der Waals surface area (Å²) in [5, 5.41) is 9.56. The van der Waals surface area contributed by atoms with Gasteiger partial charge in [0.25, 0.3) is 0 Å². The fourth-order valence-electron chi connectivity index (χ4n) is 2.72. The van der Waals surface area contributed by atoms with Gasteiger partial charge in [0.15, 0.2) is 11.5 Å². The number of aliphatic hydroxyl groups excluding tert-OH is 1. The lowest BCUT2D eigenvalue weighted by atomic mass is 10.1. The topological polar surface area (TPSA) is 118 Å². The van der Waals surface area contributed by atoms with Gasteiger partial charge in [0, 0.05) is 30.3 Å². The van der Waals surface area contributed by atoms with E-state index in [1.54, 1.807) is 36.5 Å². The number of aromatic nitrogens is 4. The Morgan fingerprint density at radius 2 is 2.04 bits per heavy atom. The number of imidazole rings is 1. The molecule has 0 aliphatic rings.